The molecular weight excluding hydrogens is 552 g/mol. The van der Waals surface area contributed by atoms with Crippen molar-refractivity contribution in [3.8, 4) is 17.2 Å². The molecule has 4 aromatic rings. The quantitative estimate of drug-likeness (QED) is 0.193. The van der Waals surface area contributed by atoms with E-state index in [1.54, 1.807) is 48.5 Å². The van der Waals surface area contributed by atoms with Crippen LogP contribution in [0.4, 0.5) is 10.5 Å². The molecule has 0 aliphatic carbocycles. The van der Waals surface area contributed by atoms with Gasteiger partial charge in [0.15, 0.2) is 11.5 Å². The third-order valence-corrected chi connectivity index (χ3v) is 7.36. The van der Waals surface area contributed by atoms with E-state index >= 15 is 0 Å². The minimum Gasteiger partial charge on any atom is -0.494 e. The van der Waals surface area contributed by atoms with Crippen molar-refractivity contribution in [1.29, 1.82) is 0 Å². The van der Waals surface area contributed by atoms with Gasteiger partial charge in [0.25, 0.3) is 11.1 Å². The zero-order valence-corrected chi connectivity index (χ0v) is 24.1. The van der Waals surface area contributed by atoms with Crippen molar-refractivity contribution in [1.82, 2.24) is 4.90 Å². The van der Waals surface area contributed by atoms with Crippen molar-refractivity contribution >= 4 is 51.4 Å². The second-order valence-electron chi connectivity index (χ2n) is 9.34. The Hall–Kier alpha value is -4.76. The summed E-state index contributed by atoms with van der Waals surface area (Å²) in [5, 5.41) is 4.46. The molecular formula is C33H30N2O6S. The maximum Gasteiger partial charge on any atom is 0.294 e. The number of carbonyl (C=O) groups is 3. The zero-order valence-electron chi connectivity index (χ0n) is 23.3. The van der Waals surface area contributed by atoms with Gasteiger partial charge in [-0.05, 0) is 90.0 Å². The fourth-order valence-electron chi connectivity index (χ4n) is 4.51. The minimum absolute atomic E-state index is 0.223. The molecule has 0 radical (unpaired) electrons. The van der Waals surface area contributed by atoms with E-state index in [9.17, 15) is 14.4 Å². The average molecular weight is 583 g/mol. The first-order valence-corrected chi connectivity index (χ1v) is 14.4. The topological polar surface area (TPSA) is 94.2 Å². The van der Waals surface area contributed by atoms with Gasteiger partial charge in [-0.2, -0.15) is 0 Å². The van der Waals surface area contributed by atoms with Crippen LogP contribution in [-0.4, -0.2) is 41.7 Å². The van der Waals surface area contributed by atoms with E-state index in [2.05, 4.69) is 23.5 Å². The summed E-state index contributed by atoms with van der Waals surface area (Å²) in [5.74, 6) is 0.778. The molecule has 1 aliphatic heterocycles. The summed E-state index contributed by atoms with van der Waals surface area (Å²) < 4.78 is 17.4. The number of hydrogen-bond donors (Lipinski definition) is 1. The van der Waals surface area contributed by atoms with E-state index in [-0.39, 0.29) is 11.4 Å². The number of nitrogens with zero attached hydrogens (tertiary/aromatic N) is 1. The lowest BCUT2D eigenvalue weighted by Crippen LogP contribution is -2.36. The number of amides is 3. The van der Waals surface area contributed by atoms with Crippen LogP contribution in [-0.2, 0) is 16.2 Å². The third-order valence-electron chi connectivity index (χ3n) is 6.45. The largest absolute Gasteiger partial charge is 0.494 e. The first kappa shape index (κ1) is 28.8. The van der Waals surface area contributed by atoms with E-state index in [4.69, 9.17) is 14.2 Å². The van der Waals surface area contributed by atoms with Crippen LogP contribution in [0, 0.1) is 0 Å². The van der Waals surface area contributed by atoms with Crippen molar-refractivity contribution in [2.75, 3.05) is 25.1 Å². The van der Waals surface area contributed by atoms with Crippen molar-refractivity contribution in [2.45, 2.75) is 20.5 Å². The first-order valence-electron chi connectivity index (χ1n) is 13.6. The fourth-order valence-corrected chi connectivity index (χ4v) is 5.35. The standard InChI is InChI=1S/C33H30N2O6S/c1-3-39-26-15-13-25(14-16-26)34-31(36)20-35-32(37)30(42-33(35)38)19-22-12-17-28(29(18-22)40-4-2)41-21-24-10-7-9-23-8-5-6-11-27(23)24/h5-19H,3-4,20-21H2,1-2H3,(H,34,36)/b30-19+. The molecule has 0 saturated carbocycles. The SMILES string of the molecule is CCOc1ccc(NC(=O)CN2C(=O)S/C(=C/c3ccc(OCc4cccc5ccccc45)c(OCC)c3)C2=O)cc1. The first-order chi connectivity index (χ1) is 20.4. The van der Waals surface area contributed by atoms with Gasteiger partial charge in [-0.15, -0.1) is 0 Å². The molecule has 0 atom stereocenters. The molecule has 1 heterocycles. The van der Waals surface area contributed by atoms with Gasteiger partial charge >= 0.3 is 0 Å². The van der Waals surface area contributed by atoms with Crippen LogP contribution in [0.3, 0.4) is 0 Å². The number of imide groups is 1. The highest BCUT2D eigenvalue weighted by Gasteiger charge is 2.36. The summed E-state index contributed by atoms with van der Waals surface area (Å²) in [6.45, 7) is 4.70. The number of nitrogens with one attached hydrogen (secondary N) is 1. The van der Waals surface area contributed by atoms with E-state index in [1.165, 1.54) is 0 Å². The van der Waals surface area contributed by atoms with E-state index in [1.807, 2.05) is 38.1 Å². The molecule has 1 N–H and O–H groups in total. The molecule has 214 valence electrons. The van der Waals surface area contributed by atoms with E-state index in [0.717, 1.165) is 33.0 Å². The summed E-state index contributed by atoms with van der Waals surface area (Å²) in [5.41, 5.74) is 2.26. The molecule has 0 aromatic heterocycles. The highest BCUT2D eigenvalue weighted by atomic mass is 32.2. The number of ether oxygens (including phenoxy) is 3. The molecule has 42 heavy (non-hydrogen) atoms. The van der Waals surface area contributed by atoms with Crippen molar-refractivity contribution in [2.24, 2.45) is 0 Å². The Labute approximate surface area is 248 Å². The third kappa shape index (κ3) is 6.75. The molecule has 4 aromatic carbocycles. The maximum absolute atomic E-state index is 13.0. The monoisotopic (exact) mass is 582 g/mol. The lowest BCUT2D eigenvalue weighted by Gasteiger charge is -2.14. The summed E-state index contributed by atoms with van der Waals surface area (Å²) >= 11 is 0.794. The van der Waals surface area contributed by atoms with Gasteiger partial charge < -0.3 is 19.5 Å². The zero-order chi connectivity index (χ0) is 29.5. The summed E-state index contributed by atoms with van der Waals surface area (Å²) in [6, 6.07) is 26.5. The summed E-state index contributed by atoms with van der Waals surface area (Å²) in [4.78, 5) is 39.4. The second-order valence-corrected chi connectivity index (χ2v) is 10.3. The van der Waals surface area contributed by atoms with E-state index in [0.29, 0.717) is 48.3 Å². The molecule has 8 nitrogen and oxygen atoms in total. The highest BCUT2D eigenvalue weighted by Crippen LogP contribution is 2.35. The van der Waals surface area contributed by atoms with Crippen LogP contribution in [0.1, 0.15) is 25.0 Å². The lowest BCUT2D eigenvalue weighted by atomic mass is 10.1. The Balaban J connectivity index is 1.26. The number of thioether (sulfide) groups is 1. The van der Waals surface area contributed by atoms with Crippen LogP contribution in [0.15, 0.2) is 89.8 Å². The Kier molecular flexibility index (Phi) is 9.08. The predicted molar refractivity (Wildman–Crippen MR) is 165 cm³/mol. The number of carbonyl (C=O) groups excluding carboxylic acids is 3. The molecule has 0 unspecified atom stereocenters. The van der Waals surface area contributed by atoms with Gasteiger partial charge in [-0.25, -0.2) is 0 Å². The molecule has 0 spiro atoms. The molecule has 1 saturated heterocycles. The Morgan fingerprint density at radius 3 is 2.40 bits per heavy atom. The predicted octanol–water partition coefficient (Wildman–Crippen LogP) is 6.89. The van der Waals surface area contributed by atoms with Crippen molar-refractivity contribution in [3.63, 3.8) is 0 Å². The number of fused-ring (bicyclic) bond motifs is 1. The molecule has 9 heteroatoms. The number of anilines is 1. The van der Waals surface area contributed by atoms with Crippen LogP contribution < -0.4 is 19.5 Å². The molecule has 1 aliphatic rings. The van der Waals surface area contributed by atoms with E-state index < -0.39 is 17.1 Å². The van der Waals surface area contributed by atoms with Gasteiger partial charge in [-0.1, -0.05) is 48.5 Å². The molecule has 5 rings (SSSR count). The Bertz CT molecular complexity index is 1650. The highest BCUT2D eigenvalue weighted by molar-refractivity contribution is 8.18. The van der Waals surface area contributed by atoms with Crippen molar-refractivity contribution in [3.05, 3.63) is 101 Å². The molecule has 1 fully saturated rings. The smallest absolute Gasteiger partial charge is 0.294 e. The number of rotatable bonds is 11. The Morgan fingerprint density at radius 2 is 1.62 bits per heavy atom. The summed E-state index contributed by atoms with van der Waals surface area (Å²) in [7, 11) is 0. The normalized spacial score (nSPS) is 14.0. The van der Waals surface area contributed by atoms with Crippen molar-refractivity contribution < 1.29 is 28.6 Å². The van der Waals surface area contributed by atoms with Gasteiger partial charge in [0.2, 0.25) is 5.91 Å². The second kappa shape index (κ2) is 13.3. The van der Waals surface area contributed by atoms with Crippen LogP contribution in [0.2, 0.25) is 0 Å². The van der Waals surface area contributed by atoms with Crippen LogP contribution in [0.25, 0.3) is 16.8 Å². The maximum atomic E-state index is 13.0. The number of benzene rings is 4. The molecule has 0 bridgehead atoms. The average Bonchev–Trinajstić information content (AvgIpc) is 3.25. The summed E-state index contributed by atoms with van der Waals surface area (Å²) in [6.07, 6.45) is 1.62. The molecule has 3 amide bonds. The van der Waals surface area contributed by atoms with Crippen LogP contribution >= 0.6 is 11.8 Å². The Morgan fingerprint density at radius 1 is 0.857 bits per heavy atom. The fraction of sp³-hybridized carbons (Fsp3) is 0.182. The van der Waals surface area contributed by atoms with Gasteiger partial charge in [0, 0.05) is 5.69 Å². The van der Waals surface area contributed by atoms with Gasteiger partial charge in [0.05, 0.1) is 18.1 Å². The van der Waals surface area contributed by atoms with Crippen LogP contribution in [0.5, 0.6) is 17.2 Å². The van der Waals surface area contributed by atoms with Gasteiger partial charge in [0.1, 0.15) is 18.9 Å². The number of hydrogen-bond acceptors (Lipinski definition) is 7. The minimum atomic E-state index is -0.527. The van der Waals surface area contributed by atoms with Gasteiger partial charge in [-0.3, -0.25) is 19.3 Å². The lowest BCUT2D eigenvalue weighted by molar-refractivity contribution is -0.127.